The van der Waals surface area contributed by atoms with Gasteiger partial charge in [0.1, 0.15) is 0 Å². The average molecular weight is 286 g/mol. The summed E-state index contributed by atoms with van der Waals surface area (Å²) in [6, 6.07) is 5.64. The molecule has 1 aliphatic carbocycles. The van der Waals surface area contributed by atoms with E-state index in [0.29, 0.717) is 0 Å². The van der Waals surface area contributed by atoms with Crippen LogP contribution in [0, 0.1) is 5.92 Å². The molecule has 2 unspecified atom stereocenters. The van der Waals surface area contributed by atoms with Crippen LogP contribution in [-0.2, 0) is 6.42 Å². The zero-order chi connectivity index (χ0) is 13.2. The zero-order valence-corrected chi connectivity index (χ0v) is 12.4. The molecule has 1 aromatic carbocycles. The smallest absolute Gasteiger partial charge is 0.0439 e. The van der Waals surface area contributed by atoms with Crippen LogP contribution in [0.3, 0.4) is 0 Å². The fourth-order valence-electron chi connectivity index (χ4n) is 3.09. The van der Waals surface area contributed by atoms with Gasteiger partial charge in [0.25, 0.3) is 0 Å². The molecule has 0 amide bonds. The highest BCUT2D eigenvalue weighted by atomic mass is 35.5. The maximum absolute atomic E-state index is 6.57. The highest BCUT2D eigenvalue weighted by Gasteiger charge is 2.32. The van der Waals surface area contributed by atoms with Crippen molar-refractivity contribution in [2.24, 2.45) is 11.7 Å². The van der Waals surface area contributed by atoms with Crippen LogP contribution < -0.4 is 5.73 Å². The molecule has 1 aromatic rings. The minimum atomic E-state index is -0.104. The highest BCUT2D eigenvalue weighted by molar-refractivity contribution is 6.33. The van der Waals surface area contributed by atoms with Gasteiger partial charge in [0.05, 0.1) is 0 Å². The Morgan fingerprint density at radius 3 is 2.89 bits per heavy atom. The molecule has 1 saturated carbocycles. The number of hydrogen-bond acceptors (Lipinski definition) is 1. The molecular weight excluding hydrogens is 265 g/mol. The summed E-state index contributed by atoms with van der Waals surface area (Å²) in [5.74, 6) is 0.765. The molecule has 0 saturated heterocycles. The lowest BCUT2D eigenvalue weighted by Crippen LogP contribution is -2.46. The first kappa shape index (κ1) is 14.2. The van der Waals surface area contributed by atoms with Crippen LogP contribution in [0.15, 0.2) is 18.2 Å². The Morgan fingerprint density at radius 2 is 2.17 bits per heavy atom. The molecule has 2 atom stereocenters. The van der Waals surface area contributed by atoms with E-state index in [9.17, 15) is 0 Å². The zero-order valence-electron chi connectivity index (χ0n) is 10.9. The number of rotatable bonds is 3. The van der Waals surface area contributed by atoms with Crippen molar-refractivity contribution in [3.8, 4) is 0 Å². The molecule has 0 aliphatic heterocycles. The van der Waals surface area contributed by atoms with Gasteiger partial charge < -0.3 is 5.73 Å². The summed E-state index contributed by atoms with van der Waals surface area (Å²) >= 11 is 12.3. The Bertz CT molecular complexity index is 419. The topological polar surface area (TPSA) is 26.0 Å². The lowest BCUT2D eigenvalue weighted by atomic mass is 9.72. The summed E-state index contributed by atoms with van der Waals surface area (Å²) < 4.78 is 0. The van der Waals surface area contributed by atoms with E-state index >= 15 is 0 Å². The molecule has 3 heteroatoms. The molecule has 0 aromatic heterocycles. The second kappa shape index (κ2) is 5.81. The molecule has 0 heterocycles. The van der Waals surface area contributed by atoms with Gasteiger partial charge in [-0.2, -0.15) is 0 Å². The molecule has 1 aliphatic rings. The van der Waals surface area contributed by atoms with Crippen molar-refractivity contribution in [2.45, 2.75) is 51.0 Å². The second-order valence-corrected chi connectivity index (χ2v) is 6.49. The molecule has 1 fully saturated rings. The molecule has 0 radical (unpaired) electrons. The first-order chi connectivity index (χ1) is 8.52. The number of nitrogens with two attached hydrogens (primary N) is 1. The summed E-state index contributed by atoms with van der Waals surface area (Å²) in [7, 11) is 0. The van der Waals surface area contributed by atoms with Gasteiger partial charge in [0.15, 0.2) is 0 Å². The van der Waals surface area contributed by atoms with Crippen molar-refractivity contribution in [3.05, 3.63) is 33.8 Å². The maximum atomic E-state index is 6.57. The summed E-state index contributed by atoms with van der Waals surface area (Å²) in [4.78, 5) is 0. The lowest BCUT2D eigenvalue weighted by Gasteiger charge is -2.38. The number of halogens is 2. The third kappa shape index (κ3) is 3.40. The van der Waals surface area contributed by atoms with Crippen molar-refractivity contribution in [2.75, 3.05) is 0 Å². The summed E-state index contributed by atoms with van der Waals surface area (Å²) in [6.07, 6.45) is 6.80. The van der Waals surface area contributed by atoms with E-state index in [2.05, 4.69) is 6.92 Å². The van der Waals surface area contributed by atoms with Gasteiger partial charge in [-0.1, -0.05) is 49.4 Å². The van der Waals surface area contributed by atoms with Gasteiger partial charge in [-0.25, -0.2) is 0 Å². The molecule has 2 N–H and O–H groups in total. The number of hydrogen-bond donors (Lipinski definition) is 1. The summed E-state index contributed by atoms with van der Waals surface area (Å²) in [5, 5.41) is 1.52. The predicted octanol–water partition coefficient (Wildman–Crippen LogP) is 4.83. The van der Waals surface area contributed by atoms with Crippen LogP contribution in [0.5, 0.6) is 0 Å². The van der Waals surface area contributed by atoms with Crippen LogP contribution in [0.1, 0.15) is 44.6 Å². The minimum absolute atomic E-state index is 0.104. The Kier molecular flexibility index (Phi) is 4.58. The largest absolute Gasteiger partial charge is 0.325 e. The summed E-state index contributed by atoms with van der Waals surface area (Å²) in [6.45, 7) is 2.25. The van der Waals surface area contributed by atoms with Crippen molar-refractivity contribution in [3.63, 3.8) is 0 Å². The van der Waals surface area contributed by atoms with Gasteiger partial charge in [0, 0.05) is 15.6 Å². The second-order valence-electron chi connectivity index (χ2n) is 5.65. The Labute approximate surface area is 120 Å². The van der Waals surface area contributed by atoms with E-state index in [1.165, 1.54) is 19.3 Å². The van der Waals surface area contributed by atoms with E-state index in [-0.39, 0.29) is 5.54 Å². The van der Waals surface area contributed by atoms with Gasteiger partial charge in [-0.3, -0.25) is 0 Å². The van der Waals surface area contributed by atoms with E-state index in [4.69, 9.17) is 28.9 Å². The van der Waals surface area contributed by atoms with Crippen LogP contribution in [0.4, 0.5) is 0 Å². The van der Waals surface area contributed by atoms with E-state index < -0.39 is 0 Å². The Morgan fingerprint density at radius 1 is 1.39 bits per heavy atom. The van der Waals surface area contributed by atoms with E-state index in [0.717, 1.165) is 40.8 Å². The Balaban J connectivity index is 2.14. The fraction of sp³-hybridized carbons (Fsp3) is 0.600. The Hall–Kier alpha value is -0.240. The first-order valence-electron chi connectivity index (χ1n) is 6.75. The predicted molar refractivity (Wildman–Crippen MR) is 79.3 cm³/mol. The van der Waals surface area contributed by atoms with Crippen LogP contribution >= 0.6 is 23.2 Å². The van der Waals surface area contributed by atoms with Crippen molar-refractivity contribution in [1.29, 1.82) is 0 Å². The molecular formula is C15H21Cl2N. The fourth-order valence-corrected chi connectivity index (χ4v) is 3.47. The lowest BCUT2D eigenvalue weighted by molar-refractivity contribution is 0.218. The third-order valence-electron chi connectivity index (χ3n) is 4.11. The van der Waals surface area contributed by atoms with E-state index in [1.54, 1.807) is 0 Å². The molecule has 18 heavy (non-hydrogen) atoms. The third-order valence-corrected chi connectivity index (χ3v) is 4.71. The average Bonchev–Trinajstić information content (AvgIpc) is 2.33. The van der Waals surface area contributed by atoms with Crippen LogP contribution in [0.2, 0.25) is 10.0 Å². The quantitative estimate of drug-likeness (QED) is 0.845. The van der Waals surface area contributed by atoms with Crippen molar-refractivity contribution in [1.82, 2.24) is 0 Å². The van der Waals surface area contributed by atoms with Crippen LogP contribution in [0.25, 0.3) is 0 Å². The van der Waals surface area contributed by atoms with Crippen molar-refractivity contribution >= 4 is 23.2 Å². The standard InChI is InChI=1S/C15H21Cl2N/c1-2-11-4-3-7-15(18,9-11)10-12-8-13(16)5-6-14(12)17/h5-6,8,11H,2-4,7,9-10,18H2,1H3. The maximum Gasteiger partial charge on any atom is 0.0439 e. The van der Waals surface area contributed by atoms with Gasteiger partial charge in [-0.05, 0) is 48.9 Å². The van der Waals surface area contributed by atoms with Gasteiger partial charge in [0.2, 0.25) is 0 Å². The van der Waals surface area contributed by atoms with Gasteiger partial charge >= 0.3 is 0 Å². The summed E-state index contributed by atoms with van der Waals surface area (Å²) in [5.41, 5.74) is 7.56. The SMILES string of the molecule is CCC1CCCC(N)(Cc2cc(Cl)ccc2Cl)C1. The minimum Gasteiger partial charge on any atom is -0.325 e. The van der Waals surface area contributed by atoms with Crippen LogP contribution in [-0.4, -0.2) is 5.54 Å². The van der Waals surface area contributed by atoms with Crippen molar-refractivity contribution < 1.29 is 0 Å². The monoisotopic (exact) mass is 285 g/mol. The van der Waals surface area contributed by atoms with E-state index in [1.807, 2.05) is 18.2 Å². The molecule has 100 valence electrons. The molecule has 1 nitrogen and oxygen atoms in total. The highest BCUT2D eigenvalue weighted by Crippen LogP contribution is 2.36. The molecule has 2 rings (SSSR count). The normalized spacial score (nSPS) is 28.3. The first-order valence-corrected chi connectivity index (χ1v) is 7.51. The number of benzene rings is 1. The van der Waals surface area contributed by atoms with Gasteiger partial charge in [-0.15, -0.1) is 0 Å². The molecule has 0 spiro atoms. The molecule has 0 bridgehead atoms.